The zero-order valence-corrected chi connectivity index (χ0v) is 14.4. The van der Waals surface area contributed by atoms with Crippen LogP contribution in [0.25, 0.3) is 0 Å². The Morgan fingerprint density at radius 3 is 2.68 bits per heavy atom. The first kappa shape index (κ1) is 14.7. The average Bonchev–Trinajstić information content (AvgIpc) is 3.05. The first-order valence-electron chi connectivity index (χ1n) is 8.37. The number of likely N-dealkylation sites (tertiary alicyclic amines) is 1. The highest BCUT2D eigenvalue weighted by atomic mass is 79.9. The molecule has 0 radical (unpaired) electrons. The fraction of sp³-hybridized carbons (Fsp3) is 0.750. The molecule has 0 aromatic carbocycles. The van der Waals surface area contributed by atoms with Gasteiger partial charge in [0.2, 0.25) is 5.91 Å². The van der Waals surface area contributed by atoms with Gasteiger partial charge in [-0.3, -0.25) is 9.48 Å². The summed E-state index contributed by atoms with van der Waals surface area (Å²) in [5, 5.41) is 7.79. The summed E-state index contributed by atoms with van der Waals surface area (Å²) in [4.78, 5) is 14.9. The van der Waals surface area contributed by atoms with Crippen molar-refractivity contribution >= 4 is 21.8 Å². The Morgan fingerprint density at radius 2 is 2.05 bits per heavy atom. The van der Waals surface area contributed by atoms with Gasteiger partial charge in [-0.1, -0.05) is 0 Å². The molecule has 1 saturated carbocycles. The van der Waals surface area contributed by atoms with Gasteiger partial charge in [0.1, 0.15) is 0 Å². The number of carbonyl (C=O) groups excluding carboxylic acids is 1. The lowest BCUT2D eigenvalue weighted by Crippen LogP contribution is -2.41. The summed E-state index contributed by atoms with van der Waals surface area (Å²) < 4.78 is 3.06. The summed E-state index contributed by atoms with van der Waals surface area (Å²) in [5.74, 6) is 0.729. The molecule has 120 valence electrons. The molecule has 1 spiro atoms. The largest absolute Gasteiger partial charge is 0.342 e. The van der Waals surface area contributed by atoms with E-state index in [1.165, 1.54) is 12.8 Å². The van der Waals surface area contributed by atoms with Gasteiger partial charge in [-0.25, -0.2) is 0 Å². The van der Waals surface area contributed by atoms with Crippen LogP contribution in [-0.2, 0) is 4.79 Å². The third-order valence-electron chi connectivity index (χ3n) is 5.81. The second-order valence-corrected chi connectivity index (χ2v) is 7.98. The molecule has 2 saturated heterocycles. The van der Waals surface area contributed by atoms with Crippen LogP contribution in [0.1, 0.15) is 38.1 Å². The van der Waals surface area contributed by atoms with Gasteiger partial charge in [0.25, 0.3) is 0 Å². The Morgan fingerprint density at radius 1 is 1.32 bits per heavy atom. The van der Waals surface area contributed by atoms with Crippen molar-refractivity contribution in [2.24, 2.45) is 11.3 Å². The third-order valence-corrected chi connectivity index (χ3v) is 6.22. The van der Waals surface area contributed by atoms with E-state index in [0.717, 1.165) is 49.9 Å². The maximum Gasteiger partial charge on any atom is 0.226 e. The van der Waals surface area contributed by atoms with Crippen LogP contribution in [0.4, 0.5) is 0 Å². The Kier molecular flexibility index (Phi) is 3.77. The highest BCUT2D eigenvalue weighted by Gasteiger charge is 2.58. The van der Waals surface area contributed by atoms with Crippen LogP contribution < -0.4 is 5.32 Å². The van der Waals surface area contributed by atoms with Crippen molar-refractivity contribution in [2.45, 2.75) is 38.1 Å². The number of hydrogen-bond donors (Lipinski definition) is 1. The van der Waals surface area contributed by atoms with E-state index in [4.69, 9.17) is 0 Å². The second-order valence-electron chi connectivity index (χ2n) is 7.06. The first-order valence-corrected chi connectivity index (χ1v) is 9.16. The molecule has 0 bridgehead atoms. The molecule has 3 aliphatic rings. The molecule has 2 aliphatic heterocycles. The second kappa shape index (κ2) is 5.64. The van der Waals surface area contributed by atoms with Gasteiger partial charge in [-0.15, -0.1) is 0 Å². The number of amides is 1. The molecule has 22 heavy (non-hydrogen) atoms. The summed E-state index contributed by atoms with van der Waals surface area (Å²) in [6.07, 6.45) is 9.39. The van der Waals surface area contributed by atoms with Gasteiger partial charge in [-0.2, -0.15) is 5.10 Å². The molecule has 1 N–H and O–H groups in total. The number of halogens is 1. The normalized spacial score (nSPS) is 28.0. The summed E-state index contributed by atoms with van der Waals surface area (Å²) in [6.45, 7) is 3.93. The van der Waals surface area contributed by atoms with Crippen molar-refractivity contribution in [3.05, 3.63) is 16.9 Å². The van der Waals surface area contributed by atoms with E-state index in [2.05, 4.69) is 31.2 Å². The van der Waals surface area contributed by atoms with Gasteiger partial charge >= 0.3 is 0 Å². The van der Waals surface area contributed by atoms with Crippen LogP contribution in [-0.4, -0.2) is 46.8 Å². The smallest absolute Gasteiger partial charge is 0.226 e. The molecule has 1 aromatic rings. The van der Waals surface area contributed by atoms with E-state index in [9.17, 15) is 4.79 Å². The van der Waals surface area contributed by atoms with Gasteiger partial charge in [0.05, 0.1) is 16.7 Å². The fourth-order valence-electron chi connectivity index (χ4n) is 4.26. The van der Waals surface area contributed by atoms with Crippen molar-refractivity contribution < 1.29 is 4.79 Å². The van der Waals surface area contributed by atoms with Gasteiger partial charge in [-0.05, 0) is 66.5 Å². The number of carbonyl (C=O) groups is 1. The van der Waals surface area contributed by atoms with Crippen LogP contribution in [0.2, 0.25) is 0 Å². The minimum Gasteiger partial charge on any atom is -0.342 e. The monoisotopic (exact) mass is 366 g/mol. The third kappa shape index (κ3) is 2.60. The highest BCUT2D eigenvalue weighted by molar-refractivity contribution is 9.10. The minimum absolute atomic E-state index is 0.310. The van der Waals surface area contributed by atoms with Crippen molar-refractivity contribution in [3.8, 4) is 0 Å². The predicted octanol–water partition coefficient (Wildman–Crippen LogP) is 2.20. The van der Waals surface area contributed by atoms with Crippen LogP contribution in [0.15, 0.2) is 16.9 Å². The van der Waals surface area contributed by atoms with E-state index in [1.54, 1.807) is 0 Å². The lowest BCUT2D eigenvalue weighted by Gasteiger charge is -2.33. The van der Waals surface area contributed by atoms with Crippen molar-refractivity contribution in [3.63, 3.8) is 0 Å². The Hall–Kier alpha value is -0.880. The lowest BCUT2D eigenvalue weighted by molar-refractivity contribution is -0.135. The molecule has 1 aliphatic carbocycles. The number of hydrogen-bond acceptors (Lipinski definition) is 3. The van der Waals surface area contributed by atoms with Gasteiger partial charge < -0.3 is 10.2 Å². The molecule has 3 fully saturated rings. The topological polar surface area (TPSA) is 50.2 Å². The maximum atomic E-state index is 12.8. The number of piperidine rings is 2. The standard InChI is InChI=1S/C16H23BrN4O/c17-12-10-19-21(11-12)13-1-7-20(8-2-13)15(22)14-9-16(14)3-5-18-6-4-16/h10-11,13-14,18H,1-9H2. The molecule has 1 amide bonds. The number of nitrogens with zero attached hydrogens (tertiary/aromatic N) is 3. The molecule has 1 unspecified atom stereocenters. The Balaban J connectivity index is 1.33. The average molecular weight is 367 g/mol. The quantitative estimate of drug-likeness (QED) is 0.872. The molecular formula is C16H23BrN4O. The SMILES string of the molecule is O=C(C1CC12CCNCC2)N1CCC(n2cc(Br)cn2)CC1. The zero-order chi connectivity index (χ0) is 15.2. The predicted molar refractivity (Wildman–Crippen MR) is 87.4 cm³/mol. The zero-order valence-electron chi connectivity index (χ0n) is 12.8. The molecule has 5 nitrogen and oxygen atoms in total. The van der Waals surface area contributed by atoms with E-state index in [0.29, 0.717) is 23.3 Å². The maximum absolute atomic E-state index is 12.8. The van der Waals surface area contributed by atoms with Crippen LogP contribution in [0, 0.1) is 11.3 Å². The van der Waals surface area contributed by atoms with Crippen molar-refractivity contribution in [1.82, 2.24) is 20.0 Å². The first-order chi connectivity index (χ1) is 10.7. The molecule has 4 rings (SSSR count). The summed E-state index contributed by atoms with van der Waals surface area (Å²) in [7, 11) is 0. The van der Waals surface area contributed by atoms with Crippen molar-refractivity contribution in [2.75, 3.05) is 26.2 Å². The molecule has 1 atom stereocenters. The van der Waals surface area contributed by atoms with Gasteiger partial charge in [0, 0.05) is 25.2 Å². The highest BCUT2D eigenvalue weighted by Crippen LogP contribution is 2.59. The molecular weight excluding hydrogens is 344 g/mol. The molecule has 1 aromatic heterocycles. The number of nitrogens with one attached hydrogen (secondary N) is 1. The Labute approximate surface area is 139 Å². The van der Waals surface area contributed by atoms with E-state index >= 15 is 0 Å². The van der Waals surface area contributed by atoms with E-state index in [-0.39, 0.29) is 0 Å². The summed E-state index contributed by atoms with van der Waals surface area (Å²) in [5.41, 5.74) is 0.353. The van der Waals surface area contributed by atoms with Crippen LogP contribution in [0.3, 0.4) is 0 Å². The van der Waals surface area contributed by atoms with E-state index < -0.39 is 0 Å². The van der Waals surface area contributed by atoms with Gasteiger partial charge in [0.15, 0.2) is 0 Å². The van der Waals surface area contributed by atoms with E-state index in [1.807, 2.05) is 17.1 Å². The molecule has 3 heterocycles. The minimum atomic E-state index is 0.310. The van der Waals surface area contributed by atoms with Crippen LogP contribution in [0.5, 0.6) is 0 Å². The molecule has 6 heteroatoms. The van der Waals surface area contributed by atoms with Crippen molar-refractivity contribution in [1.29, 1.82) is 0 Å². The fourth-order valence-corrected chi connectivity index (χ4v) is 4.56. The number of rotatable bonds is 2. The summed E-state index contributed by atoms with van der Waals surface area (Å²) in [6, 6.07) is 0.433. The lowest BCUT2D eigenvalue weighted by atomic mass is 9.91. The van der Waals surface area contributed by atoms with Crippen LogP contribution >= 0.6 is 15.9 Å². The number of aromatic nitrogens is 2. The Bertz CT molecular complexity index is 558. The summed E-state index contributed by atoms with van der Waals surface area (Å²) >= 11 is 3.45.